The first-order valence-electron chi connectivity index (χ1n) is 11.3. The van der Waals surface area contributed by atoms with E-state index < -0.39 is 0 Å². The lowest BCUT2D eigenvalue weighted by Crippen LogP contribution is -2.48. The van der Waals surface area contributed by atoms with Crippen molar-refractivity contribution in [2.45, 2.75) is 13.5 Å². The monoisotopic (exact) mass is 508 g/mol. The van der Waals surface area contributed by atoms with Crippen LogP contribution in [0.2, 0.25) is 5.02 Å². The van der Waals surface area contributed by atoms with Crippen LogP contribution >= 0.6 is 22.9 Å². The molecule has 1 fully saturated rings. The molecule has 2 aromatic heterocycles. The number of hydrogen-bond acceptors (Lipinski definition) is 7. The Morgan fingerprint density at radius 2 is 1.86 bits per heavy atom. The van der Waals surface area contributed by atoms with Gasteiger partial charge in [-0.2, -0.15) is 0 Å². The number of hydrogen-bond donors (Lipinski definition) is 0. The SMILES string of the molecule is COc1ccc(-c2csc(CN3CCN(C(=O)c4c(-c5ccccc5Cl)noc4C)CC3)n2)cc1. The van der Waals surface area contributed by atoms with Crippen molar-refractivity contribution in [3.05, 3.63) is 75.3 Å². The van der Waals surface area contributed by atoms with Gasteiger partial charge in [0.15, 0.2) is 0 Å². The Kier molecular flexibility index (Phi) is 6.86. The second-order valence-electron chi connectivity index (χ2n) is 8.37. The highest BCUT2D eigenvalue weighted by Gasteiger charge is 2.29. The number of ether oxygens (including phenoxy) is 1. The summed E-state index contributed by atoms with van der Waals surface area (Å²) in [6, 6.07) is 15.3. The molecule has 5 rings (SSSR count). The third-order valence-corrected chi connectivity index (χ3v) is 7.32. The van der Waals surface area contributed by atoms with Gasteiger partial charge in [-0.25, -0.2) is 4.98 Å². The van der Waals surface area contributed by atoms with Crippen LogP contribution in [0.4, 0.5) is 0 Å². The van der Waals surface area contributed by atoms with Gasteiger partial charge in [-0.15, -0.1) is 11.3 Å². The van der Waals surface area contributed by atoms with Crippen LogP contribution in [0.25, 0.3) is 22.5 Å². The molecule has 7 nitrogen and oxygen atoms in total. The fourth-order valence-corrected chi connectivity index (χ4v) is 5.27. The van der Waals surface area contributed by atoms with E-state index in [0.717, 1.165) is 41.6 Å². The number of carbonyl (C=O) groups excluding carboxylic acids is 1. The first kappa shape index (κ1) is 23.5. The van der Waals surface area contributed by atoms with Gasteiger partial charge in [0.2, 0.25) is 0 Å². The lowest BCUT2D eigenvalue weighted by atomic mass is 10.0. The summed E-state index contributed by atoms with van der Waals surface area (Å²) < 4.78 is 10.6. The molecule has 2 aromatic carbocycles. The van der Waals surface area contributed by atoms with Crippen molar-refractivity contribution in [1.82, 2.24) is 19.9 Å². The maximum Gasteiger partial charge on any atom is 0.259 e. The van der Waals surface area contributed by atoms with E-state index in [-0.39, 0.29) is 5.91 Å². The number of amides is 1. The minimum atomic E-state index is -0.0747. The van der Waals surface area contributed by atoms with E-state index in [0.29, 0.717) is 40.7 Å². The van der Waals surface area contributed by atoms with E-state index in [1.54, 1.807) is 31.4 Å². The predicted octanol–water partition coefficient (Wildman–Crippen LogP) is 5.39. The number of methoxy groups -OCH3 is 1. The Morgan fingerprint density at radius 3 is 2.57 bits per heavy atom. The van der Waals surface area contributed by atoms with E-state index in [2.05, 4.69) is 15.4 Å². The minimum absolute atomic E-state index is 0.0747. The van der Waals surface area contributed by atoms with E-state index in [4.69, 9.17) is 25.8 Å². The van der Waals surface area contributed by atoms with Crippen LogP contribution in [0.5, 0.6) is 5.75 Å². The van der Waals surface area contributed by atoms with Crippen LogP contribution in [0.3, 0.4) is 0 Å². The molecule has 1 aliphatic rings. The van der Waals surface area contributed by atoms with Gasteiger partial charge in [0.25, 0.3) is 5.91 Å². The first-order chi connectivity index (χ1) is 17.0. The molecular weight excluding hydrogens is 484 g/mol. The summed E-state index contributed by atoms with van der Waals surface area (Å²) in [6.07, 6.45) is 0. The molecule has 0 unspecified atom stereocenters. The third-order valence-electron chi connectivity index (χ3n) is 6.16. The van der Waals surface area contributed by atoms with Crippen molar-refractivity contribution in [3.8, 4) is 28.3 Å². The van der Waals surface area contributed by atoms with Crippen LogP contribution in [-0.4, -0.2) is 59.1 Å². The molecule has 0 saturated carbocycles. The van der Waals surface area contributed by atoms with E-state index in [1.807, 2.05) is 47.4 Å². The van der Waals surface area contributed by atoms with Gasteiger partial charge in [-0.05, 0) is 37.3 Å². The molecule has 9 heteroatoms. The van der Waals surface area contributed by atoms with Gasteiger partial charge in [0.05, 0.1) is 24.4 Å². The van der Waals surface area contributed by atoms with Gasteiger partial charge in [0, 0.05) is 42.7 Å². The number of aromatic nitrogens is 2. The zero-order valence-electron chi connectivity index (χ0n) is 19.5. The second kappa shape index (κ2) is 10.2. The van der Waals surface area contributed by atoms with Crippen molar-refractivity contribution in [2.75, 3.05) is 33.3 Å². The molecule has 0 radical (unpaired) electrons. The van der Waals surface area contributed by atoms with E-state index in [1.165, 1.54) is 0 Å². The molecule has 0 aliphatic carbocycles. The van der Waals surface area contributed by atoms with Gasteiger partial charge in [-0.3, -0.25) is 9.69 Å². The number of halogens is 1. The molecule has 1 saturated heterocycles. The summed E-state index contributed by atoms with van der Waals surface area (Å²) in [4.78, 5) is 22.4. The molecule has 0 spiro atoms. The fraction of sp³-hybridized carbons (Fsp3) is 0.269. The first-order valence-corrected chi connectivity index (χ1v) is 12.6. The predicted molar refractivity (Wildman–Crippen MR) is 137 cm³/mol. The Balaban J connectivity index is 1.22. The molecule has 0 N–H and O–H groups in total. The Labute approximate surface area is 212 Å². The molecule has 0 atom stereocenters. The van der Waals surface area contributed by atoms with E-state index >= 15 is 0 Å². The number of aryl methyl sites for hydroxylation is 1. The molecule has 3 heterocycles. The van der Waals surface area contributed by atoms with Gasteiger partial charge in [0.1, 0.15) is 27.8 Å². The summed E-state index contributed by atoms with van der Waals surface area (Å²) in [5.41, 5.74) is 3.72. The summed E-state index contributed by atoms with van der Waals surface area (Å²) in [7, 11) is 1.66. The topological polar surface area (TPSA) is 71.7 Å². The summed E-state index contributed by atoms with van der Waals surface area (Å²) in [5.74, 6) is 1.26. The van der Waals surface area contributed by atoms with Crippen LogP contribution in [-0.2, 0) is 6.54 Å². The van der Waals surface area contributed by atoms with Crippen LogP contribution in [0.1, 0.15) is 21.1 Å². The maximum absolute atomic E-state index is 13.4. The summed E-state index contributed by atoms with van der Waals surface area (Å²) in [6.45, 7) is 5.33. The zero-order chi connectivity index (χ0) is 24.4. The van der Waals surface area contributed by atoms with Crippen LogP contribution in [0.15, 0.2) is 58.4 Å². The van der Waals surface area contributed by atoms with Crippen LogP contribution < -0.4 is 4.74 Å². The normalized spacial score (nSPS) is 14.3. The number of nitrogens with zero attached hydrogens (tertiary/aromatic N) is 4. The van der Waals surface area contributed by atoms with Gasteiger partial charge < -0.3 is 14.2 Å². The number of carbonyl (C=O) groups is 1. The van der Waals surface area contributed by atoms with E-state index in [9.17, 15) is 4.79 Å². The van der Waals surface area contributed by atoms with Gasteiger partial charge >= 0.3 is 0 Å². The quantitative estimate of drug-likeness (QED) is 0.347. The highest BCUT2D eigenvalue weighted by molar-refractivity contribution is 7.09. The van der Waals surface area contributed by atoms with Crippen molar-refractivity contribution < 1.29 is 14.1 Å². The van der Waals surface area contributed by atoms with Crippen LogP contribution in [0, 0.1) is 6.92 Å². The molecule has 35 heavy (non-hydrogen) atoms. The molecular formula is C26H25ClN4O3S. The largest absolute Gasteiger partial charge is 0.497 e. The molecule has 1 amide bonds. The average Bonchev–Trinajstić information content (AvgIpc) is 3.51. The fourth-order valence-electron chi connectivity index (χ4n) is 4.20. The minimum Gasteiger partial charge on any atom is -0.497 e. The molecule has 1 aliphatic heterocycles. The van der Waals surface area contributed by atoms with Gasteiger partial charge in [-0.1, -0.05) is 35.0 Å². The Morgan fingerprint density at radius 1 is 1.11 bits per heavy atom. The zero-order valence-corrected chi connectivity index (χ0v) is 21.1. The number of thiazole rings is 1. The number of rotatable bonds is 6. The molecule has 4 aromatic rings. The van der Waals surface area contributed by atoms with Crippen molar-refractivity contribution >= 4 is 28.8 Å². The van der Waals surface area contributed by atoms with Crippen molar-refractivity contribution in [1.29, 1.82) is 0 Å². The number of benzene rings is 2. The lowest BCUT2D eigenvalue weighted by molar-refractivity contribution is 0.0627. The second-order valence-corrected chi connectivity index (χ2v) is 9.72. The lowest BCUT2D eigenvalue weighted by Gasteiger charge is -2.34. The highest BCUT2D eigenvalue weighted by atomic mass is 35.5. The summed E-state index contributed by atoms with van der Waals surface area (Å²) in [5, 5.41) is 7.82. The molecule has 180 valence electrons. The smallest absolute Gasteiger partial charge is 0.259 e. The molecule has 0 bridgehead atoms. The van der Waals surface area contributed by atoms with Crippen molar-refractivity contribution in [3.63, 3.8) is 0 Å². The Bertz CT molecular complexity index is 1330. The standard InChI is InChI=1S/C26H25ClN4O3S/c1-17-24(25(29-34-17)20-5-3-4-6-21(20)27)26(32)31-13-11-30(12-14-31)15-23-28-22(16-35-23)18-7-9-19(33-2)10-8-18/h3-10,16H,11-15H2,1-2H3. The highest BCUT2D eigenvalue weighted by Crippen LogP contribution is 2.32. The number of piperazine rings is 1. The average molecular weight is 509 g/mol. The third kappa shape index (κ3) is 4.96. The summed E-state index contributed by atoms with van der Waals surface area (Å²) >= 11 is 8.02. The Hall–Kier alpha value is -3.20. The van der Waals surface area contributed by atoms with Crippen molar-refractivity contribution in [2.24, 2.45) is 0 Å². The maximum atomic E-state index is 13.4.